The number of hydrogen-bond donors (Lipinski definition) is 1. The SMILES string of the molecule is CNC(c1cc(C)ccc1C)c1ccc(OC)cc1F. The van der Waals surface area contributed by atoms with Gasteiger partial charge in [-0.05, 0) is 38.1 Å². The van der Waals surface area contributed by atoms with E-state index in [-0.39, 0.29) is 11.9 Å². The maximum absolute atomic E-state index is 14.3. The molecule has 1 atom stereocenters. The Balaban J connectivity index is 2.49. The standard InChI is InChI=1S/C17H20FNO/c1-11-5-6-12(2)15(9-11)17(19-3)14-8-7-13(20-4)10-16(14)18/h5-10,17,19H,1-4H3. The average molecular weight is 273 g/mol. The van der Waals surface area contributed by atoms with Gasteiger partial charge in [-0.25, -0.2) is 4.39 Å². The van der Waals surface area contributed by atoms with E-state index in [2.05, 4.69) is 23.5 Å². The van der Waals surface area contributed by atoms with Crippen molar-refractivity contribution in [2.75, 3.05) is 14.2 Å². The summed E-state index contributed by atoms with van der Waals surface area (Å²) in [4.78, 5) is 0. The Morgan fingerprint density at radius 2 is 1.80 bits per heavy atom. The largest absolute Gasteiger partial charge is 0.497 e. The van der Waals surface area contributed by atoms with E-state index in [0.717, 1.165) is 11.1 Å². The molecule has 1 N–H and O–H groups in total. The molecule has 0 spiro atoms. The summed E-state index contributed by atoms with van der Waals surface area (Å²) in [6.07, 6.45) is 0. The van der Waals surface area contributed by atoms with Crippen molar-refractivity contribution in [1.29, 1.82) is 0 Å². The number of hydrogen-bond acceptors (Lipinski definition) is 2. The zero-order chi connectivity index (χ0) is 14.7. The Morgan fingerprint density at radius 1 is 1.05 bits per heavy atom. The summed E-state index contributed by atoms with van der Waals surface area (Å²) in [7, 11) is 3.38. The lowest BCUT2D eigenvalue weighted by atomic mass is 9.93. The maximum atomic E-state index is 14.3. The van der Waals surface area contributed by atoms with Crippen LogP contribution >= 0.6 is 0 Å². The molecule has 0 radical (unpaired) electrons. The van der Waals surface area contributed by atoms with Crippen LogP contribution in [0.4, 0.5) is 4.39 Å². The van der Waals surface area contributed by atoms with E-state index in [1.165, 1.54) is 18.7 Å². The fourth-order valence-electron chi connectivity index (χ4n) is 2.42. The van der Waals surface area contributed by atoms with Gasteiger partial charge in [-0.15, -0.1) is 0 Å². The van der Waals surface area contributed by atoms with Gasteiger partial charge in [0.05, 0.1) is 13.2 Å². The fourth-order valence-corrected chi connectivity index (χ4v) is 2.42. The number of benzene rings is 2. The van der Waals surface area contributed by atoms with E-state index in [1.54, 1.807) is 12.1 Å². The van der Waals surface area contributed by atoms with Crippen LogP contribution in [0, 0.1) is 19.7 Å². The van der Waals surface area contributed by atoms with Crippen molar-refractivity contribution in [2.45, 2.75) is 19.9 Å². The van der Waals surface area contributed by atoms with Gasteiger partial charge in [-0.3, -0.25) is 0 Å². The van der Waals surface area contributed by atoms with Crippen LogP contribution in [-0.2, 0) is 0 Å². The molecule has 0 aliphatic heterocycles. The predicted molar refractivity (Wildman–Crippen MR) is 79.8 cm³/mol. The number of halogens is 1. The van der Waals surface area contributed by atoms with Crippen LogP contribution in [0.3, 0.4) is 0 Å². The molecular weight excluding hydrogens is 253 g/mol. The molecule has 0 heterocycles. The molecule has 0 aliphatic rings. The van der Waals surface area contributed by atoms with Crippen molar-refractivity contribution in [2.24, 2.45) is 0 Å². The molecule has 0 bridgehead atoms. The van der Waals surface area contributed by atoms with Crippen molar-refractivity contribution < 1.29 is 9.13 Å². The molecule has 0 aliphatic carbocycles. The van der Waals surface area contributed by atoms with Crippen LogP contribution in [0.2, 0.25) is 0 Å². The number of methoxy groups -OCH3 is 1. The van der Waals surface area contributed by atoms with Gasteiger partial charge >= 0.3 is 0 Å². The van der Waals surface area contributed by atoms with Crippen LogP contribution in [0.15, 0.2) is 36.4 Å². The molecule has 0 saturated heterocycles. The molecule has 0 saturated carbocycles. The topological polar surface area (TPSA) is 21.3 Å². The van der Waals surface area contributed by atoms with Crippen molar-refractivity contribution in [3.8, 4) is 5.75 Å². The minimum Gasteiger partial charge on any atom is -0.497 e. The van der Waals surface area contributed by atoms with Crippen LogP contribution in [0.25, 0.3) is 0 Å². The summed E-state index contributed by atoms with van der Waals surface area (Å²) in [5.74, 6) is 0.270. The Hall–Kier alpha value is -1.87. The van der Waals surface area contributed by atoms with Gasteiger partial charge in [0, 0.05) is 11.6 Å². The van der Waals surface area contributed by atoms with E-state index >= 15 is 0 Å². The third-order valence-corrected chi connectivity index (χ3v) is 3.55. The first-order chi connectivity index (χ1) is 9.56. The quantitative estimate of drug-likeness (QED) is 0.915. The molecule has 2 aromatic rings. The number of rotatable bonds is 4. The normalized spacial score (nSPS) is 12.2. The van der Waals surface area contributed by atoms with Crippen LogP contribution < -0.4 is 10.1 Å². The van der Waals surface area contributed by atoms with E-state index in [9.17, 15) is 4.39 Å². The van der Waals surface area contributed by atoms with Gasteiger partial charge < -0.3 is 10.1 Å². The minimum absolute atomic E-state index is 0.166. The summed E-state index contributed by atoms with van der Waals surface area (Å²) < 4.78 is 19.3. The summed E-state index contributed by atoms with van der Waals surface area (Å²) in [6, 6.07) is 11.0. The first-order valence-electron chi connectivity index (χ1n) is 6.64. The van der Waals surface area contributed by atoms with E-state index in [4.69, 9.17) is 4.74 Å². The van der Waals surface area contributed by atoms with Gasteiger partial charge in [-0.2, -0.15) is 0 Å². The highest BCUT2D eigenvalue weighted by molar-refractivity contribution is 5.41. The van der Waals surface area contributed by atoms with Gasteiger partial charge in [-0.1, -0.05) is 29.8 Å². The zero-order valence-corrected chi connectivity index (χ0v) is 12.3. The van der Waals surface area contributed by atoms with Gasteiger partial charge in [0.25, 0.3) is 0 Å². The summed E-state index contributed by atoms with van der Waals surface area (Å²) in [6.45, 7) is 4.08. The molecule has 0 aromatic heterocycles. The van der Waals surface area contributed by atoms with Crippen LogP contribution in [0.1, 0.15) is 28.3 Å². The molecule has 0 amide bonds. The first kappa shape index (κ1) is 14.5. The van der Waals surface area contributed by atoms with E-state index in [0.29, 0.717) is 11.3 Å². The third kappa shape index (κ3) is 2.83. The molecular formula is C17H20FNO. The highest BCUT2D eigenvalue weighted by Gasteiger charge is 2.18. The molecule has 2 nitrogen and oxygen atoms in total. The van der Waals surface area contributed by atoms with Crippen molar-refractivity contribution >= 4 is 0 Å². The molecule has 2 aromatic carbocycles. The highest BCUT2D eigenvalue weighted by Crippen LogP contribution is 2.29. The number of ether oxygens (including phenoxy) is 1. The first-order valence-corrected chi connectivity index (χ1v) is 6.64. The Kier molecular flexibility index (Phi) is 4.40. The van der Waals surface area contributed by atoms with E-state index in [1.807, 2.05) is 20.9 Å². The monoisotopic (exact) mass is 273 g/mol. The second kappa shape index (κ2) is 6.06. The van der Waals surface area contributed by atoms with Gasteiger partial charge in [0.1, 0.15) is 11.6 Å². The van der Waals surface area contributed by atoms with Crippen molar-refractivity contribution in [3.05, 3.63) is 64.5 Å². The number of aryl methyl sites for hydroxylation is 2. The smallest absolute Gasteiger partial charge is 0.132 e. The lowest BCUT2D eigenvalue weighted by Gasteiger charge is -2.21. The lowest BCUT2D eigenvalue weighted by Crippen LogP contribution is -2.20. The Morgan fingerprint density at radius 3 is 2.40 bits per heavy atom. The van der Waals surface area contributed by atoms with Crippen molar-refractivity contribution in [1.82, 2.24) is 5.32 Å². The number of nitrogens with one attached hydrogen (secondary N) is 1. The van der Waals surface area contributed by atoms with Gasteiger partial charge in [0.15, 0.2) is 0 Å². The summed E-state index contributed by atoms with van der Waals surface area (Å²) in [5.41, 5.74) is 4.03. The molecule has 20 heavy (non-hydrogen) atoms. The average Bonchev–Trinajstić information content (AvgIpc) is 2.44. The van der Waals surface area contributed by atoms with Gasteiger partial charge in [0.2, 0.25) is 0 Å². The Bertz CT molecular complexity index is 610. The van der Waals surface area contributed by atoms with Crippen LogP contribution in [-0.4, -0.2) is 14.2 Å². The molecule has 3 heteroatoms. The lowest BCUT2D eigenvalue weighted by molar-refractivity contribution is 0.410. The molecule has 0 fully saturated rings. The van der Waals surface area contributed by atoms with Crippen LogP contribution in [0.5, 0.6) is 5.75 Å². The highest BCUT2D eigenvalue weighted by atomic mass is 19.1. The minimum atomic E-state index is -0.260. The zero-order valence-electron chi connectivity index (χ0n) is 12.3. The molecule has 106 valence electrons. The third-order valence-electron chi connectivity index (χ3n) is 3.55. The van der Waals surface area contributed by atoms with E-state index < -0.39 is 0 Å². The predicted octanol–water partition coefficient (Wildman–Crippen LogP) is 3.76. The second-order valence-corrected chi connectivity index (χ2v) is 4.97. The Labute approximate surface area is 119 Å². The van der Waals surface area contributed by atoms with Crippen molar-refractivity contribution in [3.63, 3.8) is 0 Å². The molecule has 1 unspecified atom stereocenters. The summed E-state index contributed by atoms with van der Waals surface area (Å²) in [5, 5.41) is 3.20. The second-order valence-electron chi connectivity index (χ2n) is 4.97. The summed E-state index contributed by atoms with van der Waals surface area (Å²) >= 11 is 0. The fraction of sp³-hybridized carbons (Fsp3) is 0.294. The molecule has 2 rings (SSSR count). The maximum Gasteiger partial charge on any atom is 0.132 e.